The zero-order chi connectivity index (χ0) is 16.1. The number of carbonyl (C=O) groups excluding carboxylic acids is 2. The van der Waals surface area contributed by atoms with Gasteiger partial charge in [-0.1, -0.05) is 54.6 Å². The third kappa shape index (κ3) is 1.88. The van der Waals surface area contributed by atoms with Crippen LogP contribution in [0, 0.1) is 13.8 Å². The molecule has 23 heavy (non-hydrogen) atoms. The highest BCUT2D eigenvalue weighted by atomic mass is 16.2. The van der Waals surface area contributed by atoms with Gasteiger partial charge in [-0.3, -0.25) is 9.59 Å². The fraction of sp³-hybridized carbons (Fsp3) is 0.143. The highest BCUT2D eigenvalue weighted by Crippen LogP contribution is 2.38. The van der Waals surface area contributed by atoms with Crippen LogP contribution in [-0.4, -0.2) is 11.6 Å². The summed E-state index contributed by atoms with van der Waals surface area (Å²) in [4.78, 5) is 25.7. The summed E-state index contributed by atoms with van der Waals surface area (Å²) in [5.74, 6) is -0.880. The van der Waals surface area contributed by atoms with Gasteiger partial charge in [-0.2, -0.15) is 0 Å². The van der Waals surface area contributed by atoms with Gasteiger partial charge in [0.1, 0.15) is 5.92 Å². The van der Waals surface area contributed by atoms with Crippen LogP contribution in [0.1, 0.15) is 43.3 Å². The lowest BCUT2D eigenvalue weighted by molar-refractivity contribution is 0.0891. The summed E-state index contributed by atoms with van der Waals surface area (Å²) in [5.41, 5.74) is 4.22. The van der Waals surface area contributed by atoms with E-state index in [4.69, 9.17) is 0 Å². The molecule has 0 saturated heterocycles. The third-order valence-electron chi connectivity index (χ3n) is 4.90. The van der Waals surface area contributed by atoms with Gasteiger partial charge in [0.05, 0.1) is 0 Å². The molecule has 0 radical (unpaired) electrons. The molecule has 3 aromatic carbocycles. The number of hydrogen-bond acceptors (Lipinski definition) is 2. The Kier molecular flexibility index (Phi) is 2.95. The van der Waals surface area contributed by atoms with Gasteiger partial charge in [-0.15, -0.1) is 0 Å². The Bertz CT molecular complexity index is 947. The van der Waals surface area contributed by atoms with Crippen LogP contribution in [0.2, 0.25) is 0 Å². The molecule has 0 amide bonds. The van der Waals surface area contributed by atoms with Gasteiger partial charge < -0.3 is 0 Å². The lowest BCUT2D eigenvalue weighted by Crippen LogP contribution is -2.14. The molecule has 0 saturated carbocycles. The summed E-state index contributed by atoms with van der Waals surface area (Å²) >= 11 is 0. The minimum absolute atomic E-state index is 0.0843. The molecule has 0 bridgehead atoms. The van der Waals surface area contributed by atoms with E-state index in [0.717, 1.165) is 21.9 Å². The highest BCUT2D eigenvalue weighted by molar-refractivity contribution is 6.30. The van der Waals surface area contributed by atoms with Crippen molar-refractivity contribution in [3.05, 3.63) is 82.4 Å². The Hall–Kier alpha value is -2.74. The molecule has 0 atom stereocenters. The summed E-state index contributed by atoms with van der Waals surface area (Å²) in [6, 6.07) is 17.1. The SMILES string of the molecule is Cc1cc(C2C(=O)c3ccccc3C2=O)c2ccccc2c1C. The molecule has 0 N–H and O–H groups in total. The minimum Gasteiger partial charge on any atom is -0.293 e. The van der Waals surface area contributed by atoms with Crippen molar-refractivity contribution in [1.82, 2.24) is 0 Å². The van der Waals surface area contributed by atoms with E-state index >= 15 is 0 Å². The van der Waals surface area contributed by atoms with E-state index in [1.54, 1.807) is 12.1 Å². The first-order valence-corrected chi connectivity index (χ1v) is 7.76. The van der Waals surface area contributed by atoms with Gasteiger partial charge in [0.15, 0.2) is 11.6 Å². The van der Waals surface area contributed by atoms with Crippen molar-refractivity contribution in [2.45, 2.75) is 19.8 Å². The van der Waals surface area contributed by atoms with Gasteiger partial charge in [-0.25, -0.2) is 0 Å². The first-order chi connectivity index (χ1) is 11.1. The number of hydrogen-bond donors (Lipinski definition) is 0. The maximum atomic E-state index is 12.8. The van der Waals surface area contributed by atoms with Crippen LogP contribution >= 0.6 is 0 Å². The lowest BCUT2D eigenvalue weighted by Gasteiger charge is -2.15. The molecule has 0 spiro atoms. The number of fused-ring (bicyclic) bond motifs is 2. The number of Topliss-reactive ketones (excluding diaryl/α,β-unsaturated/α-hetero) is 2. The number of carbonyl (C=O) groups is 2. The lowest BCUT2D eigenvalue weighted by atomic mass is 9.86. The Balaban J connectivity index is 2.00. The monoisotopic (exact) mass is 300 g/mol. The van der Waals surface area contributed by atoms with Crippen molar-refractivity contribution < 1.29 is 9.59 Å². The minimum atomic E-state index is -0.711. The number of rotatable bonds is 1. The Labute approximate surface area is 134 Å². The van der Waals surface area contributed by atoms with E-state index in [0.29, 0.717) is 11.1 Å². The van der Waals surface area contributed by atoms with Crippen molar-refractivity contribution in [2.24, 2.45) is 0 Å². The van der Waals surface area contributed by atoms with Crippen LogP contribution in [0.3, 0.4) is 0 Å². The predicted octanol–water partition coefficient (Wildman–Crippen LogP) is 4.62. The van der Waals surface area contributed by atoms with E-state index in [2.05, 4.69) is 13.0 Å². The fourth-order valence-corrected chi connectivity index (χ4v) is 3.56. The second-order valence-electron chi connectivity index (χ2n) is 6.16. The van der Waals surface area contributed by atoms with Crippen LogP contribution in [0.25, 0.3) is 10.8 Å². The second kappa shape index (κ2) is 4.88. The van der Waals surface area contributed by atoms with E-state index in [9.17, 15) is 9.59 Å². The molecule has 0 unspecified atom stereocenters. The van der Waals surface area contributed by atoms with Gasteiger partial charge >= 0.3 is 0 Å². The predicted molar refractivity (Wildman–Crippen MR) is 91.3 cm³/mol. The molecule has 112 valence electrons. The Morgan fingerprint density at radius 3 is 1.87 bits per heavy atom. The van der Waals surface area contributed by atoms with Crippen LogP contribution in [0.5, 0.6) is 0 Å². The van der Waals surface area contributed by atoms with E-state index in [-0.39, 0.29) is 11.6 Å². The van der Waals surface area contributed by atoms with Gasteiger partial charge in [0.25, 0.3) is 0 Å². The Morgan fingerprint density at radius 1 is 0.739 bits per heavy atom. The number of aryl methyl sites for hydroxylation is 2. The maximum absolute atomic E-state index is 12.8. The molecule has 3 aromatic rings. The normalized spacial score (nSPS) is 14.5. The second-order valence-corrected chi connectivity index (χ2v) is 6.16. The zero-order valence-electron chi connectivity index (χ0n) is 13.1. The van der Waals surface area contributed by atoms with E-state index < -0.39 is 5.92 Å². The molecule has 0 aromatic heterocycles. The van der Waals surface area contributed by atoms with Crippen molar-refractivity contribution in [2.75, 3.05) is 0 Å². The van der Waals surface area contributed by atoms with Crippen LogP contribution < -0.4 is 0 Å². The molecule has 4 rings (SSSR count). The Morgan fingerprint density at radius 2 is 1.26 bits per heavy atom. The number of benzene rings is 3. The van der Waals surface area contributed by atoms with Crippen molar-refractivity contribution in [1.29, 1.82) is 0 Å². The van der Waals surface area contributed by atoms with Gasteiger partial charge in [0.2, 0.25) is 0 Å². The van der Waals surface area contributed by atoms with Crippen molar-refractivity contribution in [3.63, 3.8) is 0 Å². The zero-order valence-corrected chi connectivity index (χ0v) is 13.1. The topological polar surface area (TPSA) is 34.1 Å². The molecule has 2 nitrogen and oxygen atoms in total. The summed E-state index contributed by atoms with van der Waals surface area (Å²) in [7, 11) is 0. The van der Waals surface area contributed by atoms with Crippen LogP contribution in [0.4, 0.5) is 0 Å². The number of ketones is 2. The largest absolute Gasteiger partial charge is 0.293 e. The third-order valence-corrected chi connectivity index (χ3v) is 4.90. The average molecular weight is 300 g/mol. The van der Waals surface area contributed by atoms with Crippen molar-refractivity contribution >= 4 is 22.3 Å². The van der Waals surface area contributed by atoms with E-state index in [1.165, 1.54) is 5.56 Å². The van der Waals surface area contributed by atoms with Crippen LogP contribution in [0.15, 0.2) is 54.6 Å². The van der Waals surface area contributed by atoms with Crippen LogP contribution in [-0.2, 0) is 0 Å². The quantitative estimate of drug-likeness (QED) is 0.614. The molecular weight excluding hydrogens is 284 g/mol. The van der Waals surface area contributed by atoms with Crippen molar-refractivity contribution in [3.8, 4) is 0 Å². The standard InChI is InChI=1S/C21H16O2/c1-12-11-18(15-8-4-3-7-14(15)13(12)2)19-20(22)16-9-5-6-10-17(16)21(19)23/h3-11,19H,1-2H3. The van der Waals surface area contributed by atoms with Gasteiger partial charge in [-0.05, 0) is 41.3 Å². The molecule has 0 fully saturated rings. The summed E-state index contributed by atoms with van der Waals surface area (Å²) in [5, 5.41) is 2.11. The van der Waals surface area contributed by atoms with E-state index in [1.807, 2.05) is 43.3 Å². The first-order valence-electron chi connectivity index (χ1n) is 7.76. The smallest absolute Gasteiger partial charge is 0.178 e. The molecule has 1 aliphatic carbocycles. The highest BCUT2D eigenvalue weighted by Gasteiger charge is 2.40. The summed E-state index contributed by atoms with van der Waals surface area (Å²) in [6.07, 6.45) is 0. The molecular formula is C21H16O2. The average Bonchev–Trinajstić information content (AvgIpc) is 2.83. The molecule has 2 heteroatoms. The summed E-state index contributed by atoms with van der Waals surface area (Å²) in [6.45, 7) is 4.11. The first kappa shape index (κ1) is 13.9. The maximum Gasteiger partial charge on any atom is 0.178 e. The van der Waals surface area contributed by atoms with Gasteiger partial charge in [0, 0.05) is 11.1 Å². The summed E-state index contributed by atoms with van der Waals surface area (Å²) < 4.78 is 0. The fourth-order valence-electron chi connectivity index (χ4n) is 3.56. The molecule has 0 heterocycles. The molecule has 0 aliphatic heterocycles. The molecule has 1 aliphatic rings.